The van der Waals surface area contributed by atoms with Crippen LogP contribution in [0.1, 0.15) is 32.3 Å². The molecule has 1 aromatic carbocycles. The molecule has 0 fully saturated rings. The van der Waals surface area contributed by atoms with Crippen LogP contribution >= 0.6 is 23.5 Å². The maximum Gasteiger partial charge on any atom is 0.272 e. The van der Waals surface area contributed by atoms with E-state index in [1.165, 1.54) is 0 Å². The van der Waals surface area contributed by atoms with Gasteiger partial charge in [0.05, 0.1) is 4.92 Å². The topological polar surface area (TPSA) is 43.1 Å². The van der Waals surface area contributed by atoms with Gasteiger partial charge in [0.1, 0.15) is 0 Å². The molecular weight excluding hydrogens is 302 g/mol. The standard InChI is InChI=1S/C16H25NO2S2/c1-3-20-11-9-14(10-12-21-4-2)13-15-7-5-6-8-16(15)17(18)19/h5-8,14H,3-4,9-13H2,1-2H3. The molecule has 0 N–H and O–H groups in total. The minimum atomic E-state index is -0.256. The van der Waals surface area contributed by atoms with E-state index in [0.717, 1.165) is 47.8 Å². The van der Waals surface area contributed by atoms with Crippen LogP contribution in [0.3, 0.4) is 0 Å². The van der Waals surface area contributed by atoms with Crippen LogP contribution in [0.25, 0.3) is 0 Å². The Bertz CT molecular complexity index is 416. The fraction of sp³-hybridized carbons (Fsp3) is 0.625. The Morgan fingerprint density at radius 1 is 1.10 bits per heavy atom. The van der Waals surface area contributed by atoms with Gasteiger partial charge in [-0.05, 0) is 48.2 Å². The molecule has 0 unspecified atom stereocenters. The Morgan fingerprint density at radius 2 is 1.67 bits per heavy atom. The Kier molecular flexibility index (Phi) is 9.59. The third-order valence-corrected chi connectivity index (χ3v) is 5.31. The van der Waals surface area contributed by atoms with Gasteiger partial charge in [-0.25, -0.2) is 0 Å². The summed E-state index contributed by atoms with van der Waals surface area (Å²) < 4.78 is 0. The van der Waals surface area contributed by atoms with Crippen molar-refractivity contribution in [3.63, 3.8) is 0 Å². The van der Waals surface area contributed by atoms with Crippen molar-refractivity contribution in [1.29, 1.82) is 0 Å². The van der Waals surface area contributed by atoms with Gasteiger partial charge in [0, 0.05) is 11.6 Å². The van der Waals surface area contributed by atoms with Crippen molar-refractivity contribution in [1.82, 2.24) is 0 Å². The van der Waals surface area contributed by atoms with Crippen molar-refractivity contribution >= 4 is 29.2 Å². The quantitative estimate of drug-likeness (QED) is 0.324. The van der Waals surface area contributed by atoms with Gasteiger partial charge < -0.3 is 0 Å². The molecule has 0 bridgehead atoms. The molecule has 0 aliphatic rings. The molecule has 0 saturated carbocycles. The van der Waals surface area contributed by atoms with Crippen LogP contribution in [0.15, 0.2) is 24.3 Å². The highest BCUT2D eigenvalue weighted by molar-refractivity contribution is 7.99. The summed E-state index contributed by atoms with van der Waals surface area (Å²) in [6, 6.07) is 7.18. The SMILES string of the molecule is CCSCCC(CCSCC)Cc1ccccc1[N+](=O)[O-]. The van der Waals surface area contributed by atoms with Crippen LogP contribution in [-0.4, -0.2) is 27.9 Å². The largest absolute Gasteiger partial charge is 0.272 e. The maximum atomic E-state index is 11.1. The second-order valence-corrected chi connectivity index (χ2v) is 7.71. The smallest absolute Gasteiger partial charge is 0.258 e. The highest BCUT2D eigenvalue weighted by Gasteiger charge is 2.17. The molecular formula is C16H25NO2S2. The molecule has 3 nitrogen and oxygen atoms in total. The molecule has 0 aliphatic carbocycles. The number of para-hydroxylation sites is 1. The number of benzene rings is 1. The van der Waals surface area contributed by atoms with Crippen LogP contribution in [0, 0.1) is 16.0 Å². The molecule has 118 valence electrons. The Labute approximate surface area is 136 Å². The first-order valence-corrected chi connectivity index (χ1v) is 9.87. The van der Waals surface area contributed by atoms with Crippen molar-refractivity contribution < 1.29 is 4.92 Å². The Balaban J connectivity index is 2.67. The van der Waals surface area contributed by atoms with Gasteiger partial charge in [0.2, 0.25) is 0 Å². The average Bonchev–Trinajstić information content (AvgIpc) is 2.48. The lowest BCUT2D eigenvalue weighted by Crippen LogP contribution is -2.09. The van der Waals surface area contributed by atoms with Crippen LogP contribution in [0.5, 0.6) is 0 Å². The zero-order valence-electron chi connectivity index (χ0n) is 12.9. The first kappa shape index (κ1) is 18.4. The van der Waals surface area contributed by atoms with Crippen molar-refractivity contribution in [3.05, 3.63) is 39.9 Å². The molecule has 0 aromatic heterocycles. The summed E-state index contributed by atoms with van der Waals surface area (Å²) in [6.45, 7) is 4.35. The number of nitro benzene ring substituents is 1. The molecule has 0 atom stereocenters. The molecule has 5 heteroatoms. The monoisotopic (exact) mass is 327 g/mol. The molecule has 1 rings (SSSR count). The van der Waals surface area contributed by atoms with E-state index in [0.29, 0.717) is 5.92 Å². The number of nitrogens with zero attached hydrogens (tertiary/aromatic N) is 1. The predicted molar refractivity (Wildman–Crippen MR) is 95.5 cm³/mol. The highest BCUT2D eigenvalue weighted by Crippen LogP contribution is 2.26. The highest BCUT2D eigenvalue weighted by atomic mass is 32.2. The zero-order valence-corrected chi connectivity index (χ0v) is 14.5. The van der Waals surface area contributed by atoms with Crippen LogP contribution < -0.4 is 0 Å². The Hall–Kier alpha value is -0.680. The normalized spacial score (nSPS) is 11.0. The van der Waals surface area contributed by atoms with Crippen molar-refractivity contribution in [2.24, 2.45) is 5.92 Å². The van der Waals surface area contributed by atoms with E-state index in [1.54, 1.807) is 12.1 Å². The molecule has 0 heterocycles. The third kappa shape index (κ3) is 7.23. The van der Waals surface area contributed by atoms with E-state index in [-0.39, 0.29) is 10.6 Å². The molecule has 0 saturated heterocycles. The van der Waals surface area contributed by atoms with E-state index in [9.17, 15) is 10.1 Å². The Morgan fingerprint density at radius 3 is 2.19 bits per heavy atom. The third-order valence-electron chi connectivity index (χ3n) is 3.45. The van der Waals surface area contributed by atoms with Crippen LogP contribution in [0.4, 0.5) is 5.69 Å². The molecule has 0 amide bonds. The number of nitro groups is 1. The summed E-state index contributed by atoms with van der Waals surface area (Å²) in [4.78, 5) is 10.9. The summed E-state index contributed by atoms with van der Waals surface area (Å²) in [5.41, 5.74) is 1.16. The predicted octanol–water partition coefficient (Wildman–Crippen LogP) is 5.04. The number of hydrogen-bond acceptors (Lipinski definition) is 4. The zero-order chi connectivity index (χ0) is 15.5. The summed E-state index contributed by atoms with van der Waals surface area (Å²) in [5.74, 6) is 5.13. The summed E-state index contributed by atoms with van der Waals surface area (Å²) in [6.07, 6.45) is 3.12. The van der Waals surface area contributed by atoms with Gasteiger partial charge in [-0.3, -0.25) is 10.1 Å². The molecule has 21 heavy (non-hydrogen) atoms. The van der Waals surface area contributed by atoms with Gasteiger partial charge >= 0.3 is 0 Å². The maximum absolute atomic E-state index is 11.1. The number of rotatable bonds is 11. The average molecular weight is 328 g/mol. The second kappa shape index (κ2) is 11.0. The van der Waals surface area contributed by atoms with Crippen molar-refractivity contribution in [2.45, 2.75) is 33.1 Å². The van der Waals surface area contributed by atoms with Crippen LogP contribution in [0.2, 0.25) is 0 Å². The van der Waals surface area contributed by atoms with Gasteiger partial charge in [-0.1, -0.05) is 32.0 Å². The van der Waals surface area contributed by atoms with E-state index < -0.39 is 0 Å². The first-order valence-electron chi connectivity index (χ1n) is 7.56. The first-order chi connectivity index (χ1) is 10.2. The molecule has 0 radical (unpaired) electrons. The van der Waals surface area contributed by atoms with Crippen molar-refractivity contribution in [3.8, 4) is 0 Å². The second-order valence-electron chi connectivity index (χ2n) is 4.93. The van der Waals surface area contributed by atoms with E-state index in [1.807, 2.05) is 35.7 Å². The van der Waals surface area contributed by atoms with Gasteiger partial charge in [-0.2, -0.15) is 23.5 Å². The van der Waals surface area contributed by atoms with E-state index in [4.69, 9.17) is 0 Å². The lowest BCUT2D eigenvalue weighted by Gasteiger charge is -2.16. The van der Waals surface area contributed by atoms with E-state index in [2.05, 4.69) is 13.8 Å². The minimum Gasteiger partial charge on any atom is -0.258 e. The van der Waals surface area contributed by atoms with Crippen molar-refractivity contribution in [2.75, 3.05) is 23.0 Å². The summed E-state index contributed by atoms with van der Waals surface area (Å²) in [5, 5.41) is 11.1. The molecule has 0 spiro atoms. The lowest BCUT2D eigenvalue weighted by atomic mass is 9.93. The fourth-order valence-corrected chi connectivity index (χ4v) is 3.89. The number of thioether (sulfide) groups is 2. The molecule has 0 aliphatic heterocycles. The molecule has 1 aromatic rings. The van der Waals surface area contributed by atoms with Gasteiger partial charge in [0.15, 0.2) is 0 Å². The minimum absolute atomic E-state index is 0.256. The summed E-state index contributed by atoms with van der Waals surface area (Å²) >= 11 is 3.91. The van der Waals surface area contributed by atoms with E-state index >= 15 is 0 Å². The van der Waals surface area contributed by atoms with Gasteiger partial charge in [0.25, 0.3) is 5.69 Å². The number of hydrogen-bond donors (Lipinski definition) is 0. The van der Waals surface area contributed by atoms with Crippen LogP contribution in [-0.2, 0) is 6.42 Å². The van der Waals surface area contributed by atoms with Gasteiger partial charge in [-0.15, -0.1) is 0 Å². The summed E-state index contributed by atoms with van der Waals surface area (Å²) in [7, 11) is 0. The lowest BCUT2D eigenvalue weighted by molar-refractivity contribution is -0.385. The fourth-order valence-electron chi connectivity index (χ4n) is 2.31.